The Kier molecular flexibility index (Phi) is 4.83. The quantitative estimate of drug-likeness (QED) is 0.758. The minimum absolute atomic E-state index is 0.0617. The molecule has 0 aliphatic heterocycles. The van der Waals surface area contributed by atoms with Gasteiger partial charge < -0.3 is 4.74 Å². The van der Waals surface area contributed by atoms with Crippen LogP contribution in [0.1, 0.15) is 52.7 Å². The van der Waals surface area contributed by atoms with Crippen LogP contribution >= 0.6 is 15.9 Å². The third-order valence-corrected chi connectivity index (χ3v) is 5.91. The molecule has 0 radical (unpaired) electrons. The first kappa shape index (κ1) is 15.9. The van der Waals surface area contributed by atoms with Crippen LogP contribution in [0.15, 0.2) is 6.20 Å². The van der Waals surface area contributed by atoms with E-state index in [0.717, 1.165) is 18.2 Å². The van der Waals surface area contributed by atoms with Crippen molar-refractivity contribution in [2.45, 2.75) is 63.7 Å². The van der Waals surface area contributed by atoms with Gasteiger partial charge in [-0.05, 0) is 31.6 Å². The van der Waals surface area contributed by atoms with Crippen molar-refractivity contribution in [2.75, 3.05) is 7.11 Å². The highest BCUT2D eigenvalue weighted by atomic mass is 79.9. The van der Waals surface area contributed by atoms with Gasteiger partial charge >= 0.3 is 0 Å². The molecule has 1 heterocycles. The fourth-order valence-electron chi connectivity index (χ4n) is 3.71. The molecule has 1 saturated carbocycles. The minimum atomic E-state index is 0.0617. The Hall–Kier alpha value is -0.510. The van der Waals surface area contributed by atoms with Gasteiger partial charge in [0.1, 0.15) is 0 Å². The lowest BCUT2D eigenvalue weighted by atomic mass is 9.67. The molecule has 3 nitrogen and oxygen atoms in total. The topological polar surface area (TPSA) is 27.1 Å². The standard InChI is InChI=1S/C16H27BrN2O/c1-6-19-15(14(20-5)10-18-19)16(3,4)12-8-7-11(2)9-13(12)17/h10-13H,6-9H2,1-5H3. The zero-order chi connectivity index (χ0) is 14.9. The van der Waals surface area contributed by atoms with Gasteiger partial charge in [0, 0.05) is 16.8 Å². The van der Waals surface area contributed by atoms with Gasteiger partial charge in [0.15, 0.2) is 5.75 Å². The first-order valence-electron chi connectivity index (χ1n) is 7.66. The summed E-state index contributed by atoms with van der Waals surface area (Å²) in [7, 11) is 1.74. The highest BCUT2D eigenvalue weighted by Gasteiger charge is 2.42. The molecule has 1 aliphatic rings. The van der Waals surface area contributed by atoms with Crippen LogP contribution < -0.4 is 4.74 Å². The number of methoxy groups -OCH3 is 1. The van der Waals surface area contributed by atoms with Crippen LogP contribution in [0.4, 0.5) is 0 Å². The van der Waals surface area contributed by atoms with Gasteiger partial charge in [0.2, 0.25) is 0 Å². The largest absolute Gasteiger partial charge is 0.493 e. The number of aromatic nitrogens is 2. The molecule has 0 saturated heterocycles. The monoisotopic (exact) mass is 342 g/mol. The summed E-state index contributed by atoms with van der Waals surface area (Å²) < 4.78 is 7.66. The van der Waals surface area contributed by atoms with Gasteiger partial charge in [-0.3, -0.25) is 4.68 Å². The van der Waals surface area contributed by atoms with Crippen molar-refractivity contribution in [3.8, 4) is 5.75 Å². The summed E-state index contributed by atoms with van der Waals surface area (Å²) >= 11 is 3.94. The summed E-state index contributed by atoms with van der Waals surface area (Å²) in [6.45, 7) is 10.1. The van der Waals surface area contributed by atoms with Crippen LogP contribution in [0.25, 0.3) is 0 Å². The van der Waals surface area contributed by atoms with E-state index < -0.39 is 0 Å². The molecular formula is C16H27BrN2O. The molecule has 0 N–H and O–H groups in total. The van der Waals surface area contributed by atoms with Crippen LogP contribution in [0, 0.1) is 11.8 Å². The van der Waals surface area contributed by atoms with Crippen molar-refractivity contribution >= 4 is 15.9 Å². The fraction of sp³-hybridized carbons (Fsp3) is 0.812. The van der Waals surface area contributed by atoms with E-state index in [1.165, 1.54) is 25.0 Å². The second-order valence-corrected chi connectivity index (χ2v) is 7.82. The second-order valence-electron chi connectivity index (χ2n) is 6.64. The maximum atomic E-state index is 5.56. The zero-order valence-electron chi connectivity index (χ0n) is 13.3. The molecule has 1 fully saturated rings. The molecule has 2 rings (SSSR count). The van der Waals surface area contributed by atoms with Crippen LogP contribution in [0.5, 0.6) is 5.75 Å². The second kappa shape index (κ2) is 6.08. The number of nitrogens with zero attached hydrogens (tertiary/aromatic N) is 2. The van der Waals surface area contributed by atoms with Crippen LogP contribution in [0.3, 0.4) is 0 Å². The van der Waals surface area contributed by atoms with E-state index in [1.807, 2.05) is 6.20 Å². The Bertz CT molecular complexity index is 434. The predicted molar refractivity (Wildman–Crippen MR) is 86.7 cm³/mol. The number of ether oxygens (including phenoxy) is 1. The lowest BCUT2D eigenvalue weighted by Gasteiger charge is -2.42. The Balaban J connectivity index is 2.36. The number of aryl methyl sites for hydroxylation is 1. The summed E-state index contributed by atoms with van der Waals surface area (Å²) in [5, 5.41) is 4.48. The maximum Gasteiger partial charge on any atom is 0.160 e. The van der Waals surface area contributed by atoms with E-state index in [9.17, 15) is 0 Å². The average Bonchev–Trinajstić information content (AvgIpc) is 2.81. The van der Waals surface area contributed by atoms with E-state index in [2.05, 4.69) is 53.4 Å². The van der Waals surface area contributed by atoms with Crippen LogP contribution in [-0.2, 0) is 12.0 Å². The number of hydrogen-bond donors (Lipinski definition) is 0. The molecule has 0 bridgehead atoms. The fourth-order valence-corrected chi connectivity index (χ4v) is 5.27. The van der Waals surface area contributed by atoms with Crippen LogP contribution in [0.2, 0.25) is 0 Å². The molecule has 20 heavy (non-hydrogen) atoms. The van der Waals surface area contributed by atoms with E-state index in [0.29, 0.717) is 10.7 Å². The first-order chi connectivity index (χ1) is 9.41. The van der Waals surface area contributed by atoms with Gasteiger partial charge in [-0.15, -0.1) is 0 Å². The molecule has 3 unspecified atom stereocenters. The molecule has 1 aromatic heterocycles. The maximum absolute atomic E-state index is 5.56. The number of alkyl halides is 1. The van der Waals surface area contributed by atoms with Crippen molar-refractivity contribution in [3.05, 3.63) is 11.9 Å². The normalized spacial score (nSPS) is 27.6. The lowest BCUT2D eigenvalue weighted by molar-refractivity contribution is 0.200. The van der Waals surface area contributed by atoms with E-state index >= 15 is 0 Å². The smallest absolute Gasteiger partial charge is 0.160 e. The molecule has 0 aromatic carbocycles. The average molecular weight is 343 g/mol. The summed E-state index contributed by atoms with van der Waals surface area (Å²) in [6.07, 6.45) is 5.70. The molecule has 0 spiro atoms. The third-order valence-electron chi connectivity index (χ3n) is 4.90. The van der Waals surface area contributed by atoms with E-state index in [4.69, 9.17) is 4.74 Å². The van der Waals surface area contributed by atoms with Crippen molar-refractivity contribution in [1.82, 2.24) is 9.78 Å². The van der Waals surface area contributed by atoms with Gasteiger partial charge in [0.05, 0.1) is 19.0 Å². The van der Waals surface area contributed by atoms with Crippen molar-refractivity contribution in [2.24, 2.45) is 11.8 Å². The molecule has 1 aromatic rings. The predicted octanol–water partition coefficient (Wildman–Crippen LogP) is 4.39. The molecule has 1 aliphatic carbocycles. The Labute approximate surface area is 131 Å². The van der Waals surface area contributed by atoms with E-state index in [-0.39, 0.29) is 5.41 Å². The Morgan fingerprint density at radius 2 is 2.15 bits per heavy atom. The Morgan fingerprint density at radius 1 is 1.45 bits per heavy atom. The van der Waals surface area contributed by atoms with Gasteiger partial charge in [0.25, 0.3) is 0 Å². The molecule has 0 amide bonds. The number of rotatable bonds is 4. The number of halogens is 1. The van der Waals surface area contributed by atoms with Gasteiger partial charge in [-0.2, -0.15) is 5.10 Å². The molecule has 4 heteroatoms. The molecule has 114 valence electrons. The number of hydrogen-bond acceptors (Lipinski definition) is 2. The summed E-state index contributed by atoms with van der Waals surface area (Å²) in [4.78, 5) is 0.575. The minimum Gasteiger partial charge on any atom is -0.493 e. The first-order valence-corrected chi connectivity index (χ1v) is 8.57. The van der Waals surface area contributed by atoms with Crippen molar-refractivity contribution in [3.63, 3.8) is 0 Å². The van der Waals surface area contributed by atoms with Crippen molar-refractivity contribution in [1.29, 1.82) is 0 Å². The van der Waals surface area contributed by atoms with Gasteiger partial charge in [-0.1, -0.05) is 43.1 Å². The van der Waals surface area contributed by atoms with Crippen molar-refractivity contribution < 1.29 is 4.74 Å². The highest BCUT2D eigenvalue weighted by molar-refractivity contribution is 9.09. The molecule has 3 atom stereocenters. The highest BCUT2D eigenvalue weighted by Crippen LogP contribution is 2.47. The third kappa shape index (κ3) is 2.76. The van der Waals surface area contributed by atoms with E-state index in [1.54, 1.807) is 7.11 Å². The van der Waals surface area contributed by atoms with Crippen LogP contribution in [-0.4, -0.2) is 21.7 Å². The summed E-state index contributed by atoms with van der Waals surface area (Å²) in [5.41, 5.74) is 1.30. The zero-order valence-corrected chi connectivity index (χ0v) is 14.9. The van der Waals surface area contributed by atoms with Gasteiger partial charge in [-0.25, -0.2) is 0 Å². The lowest BCUT2D eigenvalue weighted by Crippen LogP contribution is -2.40. The SMILES string of the molecule is CCn1ncc(OC)c1C(C)(C)C1CCC(C)CC1Br. The Morgan fingerprint density at radius 3 is 2.70 bits per heavy atom. The molecular weight excluding hydrogens is 316 g/mol. The summed E-state index contributed by atoms with van der Waals surface area (Å²) in [6, 6.07) is 0. The summed E-state index contributed by atoms with van der Waals surface area (Å²) in [5.74, 6) is 2.37.